The summed E-state index contributed by atoms with van der Waals surface area (Å²) in [6, 6.07) is 13.6. The molecule has 8 nitrogen and oxygen atoms in total. The summed E-state index contributed by atoms with van der Waals surface area (Å²) in [4.78, 5) is 17.4. The molecule has 0 saturated carbocycles. The molecule has 170 valence electrons. The van der Waals surface area contributed by atoms with Gasteiger partial charge in [-0.2, -0.15) is 0 Å². The number of aromatic nitrogens is 5. The minimum atomic E-state index is -0.365. The lowest BCUT2D eigenvalue weighted by Crippen LogP contribution is -2.26. The van der Waals surface area contributed by atoms with Gasteiger partial charge in [-0.05, 0) is 44.0 Å². The summed E-state index contributed by atoms with van der Waals surface area (Å²) in [6.45, 7) is 5.94. The van der Waals surface area contributed by atoms with Crippen molar-refractivity contribution in [1.82, 2.24) is 24.9 Å². The molecular weight excluding hydrogens is 436 g/mol. The van der Waals surface area contributed by atoms with Crippen molar-refractivity contribution in [1.29, 1.82) is 0 Å². The van der Waals surface area contributed by atoms with Gasteiger partial charge in [0.05, 0.1) is 10.9 Å². The van der Waals surface area contributed by atoms with Crippen molar-refractivity contribution in [3.8, 4) is 17.1 Å². The third kappa shape index (κ3) is 5.31. The average molecular weight is 463 g/mol. The van der Waals surface area contributed by atoms with Crippen molar-refractivity contribution in [3.05, 3.63) is 66.2 Å². The van der Waals surface area contributed by atoms with E-state index in [0.29, 0.717) is 29.0 Å². The third-order valence-electron chi connectivity index (χ3n) is 5.15. The number of nitrogens with zero attached hydrogens (tertiary/aromatic N) is 5. The Bertz CT molecular complexity index is 1220. The van der Waals surface area contributed by atoms with Crippen molar-refractivity contribution in [3.63, 3.8) is 0 Å². The Morgan fingerprint density at radius 3 is 2.73 bits per heavy atom. The van der Waals surface area contributed by atoms with Crippen molar-refractivity contribution >= 4 is 23.5 Å². The van der Waals surface area contributed by atoms with Crippen LogP contribution >= 0.6 is 11.8 Å². The number of hydrogen-bond acceptors (Lipinski definition) is 7. The topological polar surface area (TPSA) is 98.7 Å². The highest BCUT2D eigenvalue weighted by molar-refractivity contribution is 8.00. The van der Waals surface area contributed by atoms with Crippen LogP contribution in [0.25, 0.3) is 17.1 Å². The van der Waals surface area contributed by atoms with E-state index < -0.39 is 0 Å². The lowest BCUT2D eigenvalue weighted by Gasteiger charge is -2.17. The summed E-state index contributed by atoms with van der Waals surface area (Å²) < 4.78 is 7.09. The third-order valence-corrected chi connectivity index (χ3v) is 6.36. The zero-order valence-electron chi connectivity index (χ0n) is 18.9. The van der Waals surface area contributed by atoms with Crippen molar-refractivity contribution in [2.45, 2.75) is 50.4 Å². The van der Waals surface area contributed by atoms with Crippen LogP contribution in [0, 0.1) is 13.8 Å². The fraction of sp³-hybridized carbons (Fsp3) is 0.292. The Balaban J connectivity index is 1.71. The second-order valence-electron chi connectivity index (χ2n) is 7.73. The van der Waals surface area contributed by atoms with E-state index in [1.165, 1.54) is 11.8 Å². The van der Waals surface area contributed by atoms with Crippen LogP contribution in [0.3, 0.4) is 0 Å². The number of benzene rings is 1. The fourth-order valence-electron chi connectivity index (χ4n) is 3.45. The van der Waals surface area contributed by atoms with E-state index in [-0.39, 0.29) is 11.2 Å². The molecule has 0 fully saturated rings. The lowest BCUT2D eigenvalue weighted by atomic mass is 10.2. The van der Waals surface area contributed by atoms with Crippen molar-refractivity contribution < 1.29 is 9.32 Å². The average Bonchev–Trinajstić information content (AvgIpc) is 3.43. The molecule has 4 rings (SSSR count). The highest BCUT2D eigenvalue weighted by Gasteiger charge is 2.26. The first-order chi connectivity index (χ1) is 16.1. The Morgan fingerprint density at radius 1 is 1.18 bits per heavy atom. The molecule has 1 atom stereocenters. The Hall–Kier alpha value is -3.46. The molecule has 0 radical (unpaired) electrons. The number of carbonyl (C=O) groups excluding carboxylic acids is 1. The van der Waals surface area contributed by atoms with Crippen molar-refractivity contribution in [2.75, 3.05) is 5.32 Å². The second kappa shape index (κ2) is 10.4. The summed E-state index contributed by atoms with van der Waals surface area (Å²) >= 11 is 1.41. The smallest absolute Gasteiger partial charge is 0.239 e. The molecule has 0 aliphatic heterocycles. The van der Waals surface area contributed by atoms with Gasteiger partial charge >= 0.3 is 0 Å². The van der Waals surface area contributed by atoms with Crippen LogP contribution in [-0.4, -0.2) is 36.1 Å². The van der Waals surface area contributed by atoms with Crippen LogP contribution in [0.15, 0.2) is 64.5 Å². The minimum absolute atomic E-state index is 0.135. The minimum Gasteiger partial charge on any atom is -0.360 e. The van der Waals surface area contributed by atoms with Gasteiger partial charge in [-0.3, -0.25) is 14.3 Å². The molecule has 9 heteroatoms. The maximum absolute atomic E-state index is 13.1. The zero-order valence-corrected chi connectivity index (χ0v) is 19.7. The van der Waals surface area contributed by atoms with Gasteiger partial charge in [0, 0.05) is 24.0 Å². The summed E-state index contributed by atoms with van der Waals surface area (Å²) in [7, 11) is 0. The molecule has 1 unspecified atom stereocenters. The van der Waals surface area contributed by atoms with E-state index in [1.807, 2.05) is 47.9 Å². The predicted molar refractivity (Wildman–Crippen MR) is 128 cm³/mol. The van der Waals surface area contributed by atoms with Gasteiger partial charge in [0.15, 0.2) is 16.8 Å². The Kier molecular flexibility index (Phi) is 7.19. The number of unbranched alkanes of at least 4 members (excludes halogenated alkanes) is 1. The molecule has 4 aromatic rings. The number of carbonyl (C=O) groups is 1. The van der Waals surface area contributed by atoms with Crippen LogP contribution in [0.1, 0.15) is 37.5 Å². The molecule has 1 aromatic carbocycles. The van der Waals surface area contributed by atoms with E-state index in [2.05, 4.69) is 32.6 Å². The standard InChI is InChI=1S/C24H26N6O2S/c1-4-5-12-20(23(31)26-21-14-17(3)32-29-21)33-24-28-27-22(18-10-8-13-25-15-18)30(24)19-11-7-6-9-16(19)2/h6-11,13-15,20H,4-5,12H2,1-3H3,(H,26,29,31). The Labute approximate surface area is 196 Å². The maximum Gasteiger partial charge on any atom is 0.239 e. The molecule has 0 aliphatic carbocycles. The highest BCUT2D eigenvalue weighted by Crippen LogP contribution is 2.33. The summed E-state index contributed by atoms with van der Waals surface area (Å²) in [5, 5.41) is 16.0. The first kappa shape index (κ1) is 22.7. The van der Waals surface area contributed by atoms with Gasteiger partial charge in [-0.1, -0.05) is 54.9 Å². The maximum atomic E-state index is 13.1. The van der Waals surface area contributed by atoms with Gasteiger partial charge < -0.3 is 9.84 Å². The number of amides is 1. The molecule has 1 amide bonds. The van der Waals surface area contributed by atoms with Crippen LogP contribution in [0.4, 0.5) is 5.82 Å². The SMILES string of the molecule is CCCCC(Sc1nnc(-c2cccnc2)n1-c1ccccc1C)C(=O)Nc1cc(C)on1. The molecule has 3 heterocycles. The van der Waals surface area contributed by atoms with Gasteiger partial charge in [0.2, 0.25) is 5.91 Å². The number of aryl methyl sites for hydroxylation is 2. The molecule has 33 heavy (non-hydrogen) atoms. The number of rotatable bonds is 9. The monoisotopic (exact) mass is 462 g/mol. The van der Waals surface area contributed by atoms with Gasteiger partial charge in [-0.15, -0.1) is 10.2 Å². The van der Waals surface area contributed by atoms with Gasteiger partial charge in [0.1, 0.15) is 5.76 Å². The number of anilines is 1. The van der Waals surface area contributed by atoms with E-state index in [1.54, 1.807) is 25.4 Å². The normalized spacial score (nSPS) is 12.0. The molecule has 0 saturated heterocycles. The Morgan fingerprint density at radius 2 is 2.03 bits per heavy atom. The quantitative estimate of drug-likeness (QED) is 0.340. The molecule has 1 N–H and O–H groups in total. The second-order valence-corrected chi connectivity index (χ2v) is 8.90. The summed E-state index contributed by atoms with van der Waals surface area (Å²) in [5.41, 5.74) is 2.90. The lowest BCUT2D eigenvalue weighted by molar-refractivity contribution is -0.115. The number of para-hydroxylation sites is 1. The molecule has 3 aromatic heterocycles. The number of hydrogen-bond donors (Lipinski definition) is 1. The first-order valence-electron chi connectivity index (χ1n) is 10.9. The van der Waals surface area contributed by atoms with E-state index in [4.69, 9.17) is 4.52 Å². The molecule has 0 spiro atoms. The number of thioether (sulfide) groups is 1. The number of nitrogens with one attached hydrogen (secondary N) is 1. The summed E-state index contributed by atoms with van der Waals surface area (Å²) in [5.74, 6) is 1.60. The molecule has 0 bridgehead atoms. The van der Waals surface area contributed by atoms with Crippen LogP contribution in [0.2, 0.25) is 0 Å². The highest BCUT2D eigenvalue weighted by atomic mass is 32.2. The van der Waals surface area contributed by atoms with Crippen LogP contribution in [-0.2, 0) is 4.79 Å². The van der Waals surface area contributed by atoms with Crippen LogP contribution in [0.5, 0.6) is 0 Å². The van der Waals surface area contributed by atoms with E-state index in [9.17, 15) is 4.79 Å². The van der Waals surface area contributed by atoms with E-state index >= 15 is 0 Å². The van der Waals surface area contributed by atoms with Crippen molar-refractivity contribution in [2.24, 2.45) is 0 Å². The largest absolute Gasteiger partial charge is 0.360 e. The van der Waals surface area contributed by atoms with Gasteiger partial charge in [-0.25, -0.2) is 0 Å². The fourth-order valence-corrected chi connectivity index (χ4v) is 4.54. The van der Waals surface area contributed by atoms with E-state index in [0.717, 1.165) is 29.7 Å². The van der Waals surface area contributed by atoms with Gasteiger partial charge in [0.25, 0.3) is 0 Å². The first-order valence-corrected chi connectivity index (χ1v) is 11.8. The molecule has 0 aliphatic rings. The summed E-state index contributed by atoms with van der Waals surface area (Å²) in [6.07, 6.45) is 6.09. The molecular formula is C24H26N6O2S. The van der Waals surface area contributed by atoms with Crippen LogP contribution < -0.4 is 5.32 Å². The predicted octanol–water partition coefficient (Wildman–Crippen LogP) is 5.22. The number of pyridine rings is 1. The zero-order chi connectivity index (χ0) is 23.2.